The molecular formula is C61H100O12. The van der Waals surface area contributed by atoms with E-state index < -0.39 is 67.3 Å². The number of esters is 3. The van der Waals surface area contributed by atoms with Crippen LogP contribution in [0.15, 0.2) is 85.1 Å². The molecule has 0 aromatic rings. The highest BCUT2D eigenvalue weighted by atomic mass is 16.7. The molecule has 0 radical (unpaired) electrons. The molecule has 0 spiro atoms. The fourth-order valence-electron chi connectivity index (χ4n) is 8.14. The van der Waals surface area contributed by atoms with Crippen molar-refractivity contribution in [3.05, 3.63) is 85.1 Å². The molecule has 6 atom stereocenters. The number of rotatable bonds is 47. The molecule has 0 saturated carbocycles. The third kappa shape index (κ3) is 39.0. The molecule has 0 aromatic carbocycles. The zero-order valence-electron chi connectivity index (χ0n) is 45.6. The van der Waals surface area contributed by atoms with Gasteiger partial charge in [-0.15, -0.1) is 0 Å². The highest BCUT2D eigenvalue weighted by Crippen LogP contribution is 2.26. The van der Waals surface area contributed by atoms with Crippen LogP contribution >= 0.6 is 0 Å². The summed E-state index contributed by atoms with van der Waals surface area (Å²) in [5, 5.41) is 31.4. The zero-order chi connectivity index (χ0) is 53.3. The lowest BCUT2D eigenvalue weighted by Crippen LogP contribution is -2.61. The Balaban J connectivity index is 2.73. The number of hydrogen-bond acceptors (Lipinski definition) is 11. The molecule has 0 amide bonds. The van der Waals surface area contributed by atoms with Crippen LogP contribution in [0.1, 0.15) is 226 Å². The van der Waals surface area contributed by atoms with Gasteiger partial charge in [0, 0.05) is 19.3 Å². The number of aliphatic hydroxyl groups is 2. The van der Waals surface area contributed by atoms with Crippen LogP contribution in [0.25, 0.3) is 0 Å². The molecule has 1 fully saturated rings. The van der Waals surface area contributed by atoms with Crippen molar-refractivity contribution in [2.24, 2.45) is 0 Å². The lowest BCUT2D eigenvalue weighted by molar-refractivity contribution is -0.301. The predicted octanol–water partition coefficient (Wildman–Crippen LogP) is 14.3. The van der Waals surface area contributed by atoms with Gasteiger partial charge < -0.3 is 39.0 Å². The highest BCUT2D eigenvalue weighted by molar-refractivity contribution is 5.74. The maximum atomic E-state index is 13.1. The topological polar surface area (TPSA) is 175 Å². The number of carboxylic acids is 1. The van der Waals surface area contributed by atoms with Gasteiger partial charge in [-0.25, -0.2) is 4.79 Å². The van der Waals surface area contributed by atoms with Crippen LogP contribution in [0.5, 0.6) is 0 Å². The number of ether oxygens (including phenoxy) is 5. The molecule has 1 aliphatic heterocycles. The van der Waals surface area contributed by atoms with E-state index in [9.17, 15) is 34.5 Å². The zero-order valence-corrected chi connectivity index (χ0v) is 45.6. The Labute approximate surface area is 441 Å². The first-order valence-corrected chi connectivity index (χ1v) is 28.6. The van der Waals surface area contributed by atoms with Gasteiger partial charge in [0.2, 0.25) is 0 Å². The number of hydrogen-bond donors (Lipinski definition) is 3. The molecule has 1 aliphatic rings. The molecule has 12 heteroatoms. The highest BCUT2D eigenvalue weighted by Gasteiger charge is 2.50. The molecule has 0 bridgehead atoms. The van der Waals surface area contributed by atoms with Gasteiger partial charge in [0.05, 0.1) is 6.61 Å². The minimum absolute atomic E-state index is 0.0540. The summed E-state index contributed by atoms with van der Waals surface area (Å²) in [5.41, 5.74) is 0. The SMILES string of the molecule is CC/C=C\C/C=C\C/C=C\C/C=C\CCCCCCC(=O)OCC(COC1OC(C(=O)O)C(O)C(O)C1OC(=O)CCCCCCCCCCCCCCC)OC(=O)CCCCC/C=C\C/C=C\C/C=C\CC. The number of aliphatic carboxylic acids is 1. The summed E-state index contributed by atoms with van der Waals surface area (Å²) in [4.78, 5) is 51.0. The van der Waals surface area contributed by atoms with E-state index in [0.29, 0.717) is 19.3 Å². The van der Waals surface area contributed by atoms with Gasteiger partial charge in [-0.2, -0.15) is 0 Å². The van der Waals surface area contributed by atoms with E-state index in [2.05, 4.69) is 106 Å². The van der Waals surface area contributed by atoms with Crippen molar-refractivity contribution in [1.29, 1.82) is 0 Å². The van der Waals surface area contributed by atoms with Gasteiger partial charge >= 0.3 is 23.9 Å². The lowest BCUT2D eigenvalue weighted by atomic mass is 9.98. The lowest BCUT2D eigenvalue weighted by Gasteiger charge is -2.40. The van der Waals surface area contributed by atoms with E-state index in [1.54, 1.807) is 0 Å². The number of carbonyl (C=O) groups excluding carboxylic acids is 3. The van der Waals surface area contributed by atoms with Gasteiger partial charge in [-0.3, -0.25) is 14.4 Å². The van der Waals surface area contributed by atoms with Gasteiger partial charge in [-0.1, -0.05) is 202 Å². The third-order valence-electron chi connectivity index (χ3n) is 12.5. The Morgan fingerprint density at radius 1 is 0.466 bits per heavy atom. The maximum Gasteiger partial charge on any atom is 0.335 e. The van der Waals surface area contributed by atoms with Crippen LogP contribution in [-0.4, -0.2) is 89.2 Å². The van der Waals surface area contributed by atoms with Crippen molar-refractivity contribution in [1.82, 2.24) is 0 Å². The van der Waals surface area contributed by atoms with Crippen LogP contribution in [0.4, 0.5) is 0 Å². The molecule has 73 heavy (non-hydrogen) atoms. The van der Waals surface area contributed by atoms with E-state index in [4.69, 9.17) is 23.7 Å². The van der Waals surface area contributed by atoms with Crippen LogP contribution in [0.3, 0.4) is 0 Å². The summed E-state index contributed by atoms with van der Waals surface area (Å²) in [7, 11) is 0. The Morgan fingerprint density at radius 3 is 1.33 bits per heavy atom. The fraction of sp³-hybridized carbons (Fsp3) is 0.705. The van der Waals surface area contributed by atoms with Crippen molar-refractivity contribution in [3.63, 3.8) is 0 Å². The fourth-order valence-corrected chi connectivity index (χ4v) is 8.14. The van der Waals surface area contributed by atoms with Crippen molar-refractivity contribution in [3.8, 4) is 0 Å². The van der Waals surface area contributed by atoms with E-state index in [-0.39, 0.29) is 25.9 Å². The molecule has 1 rings (SSSR count). The maximum absolute atomic E-state index is 13.1. The first-order valence-electron chi connectivity index (χ1n) is 28.6. The van der Waals surface area contributed by atoms with Crippen LogP contribution in [0, 0.1) is 0 Å². The average Bonchev–Trinajstić information content (AvgIpc) is 3.37. The van der Waals surface area contributed by atoms with Crippen molar-refractivity contribution < 1.29 is 58.2 Å². The van der Waals surface area contributed by atoms with Gasteiger partial charge in [0.25, 0.3) is 0 Å². The minimum atomic E-state index is -1.91. The van der Waals surface area contributed by atoms with Gasteiger partial charge in [0.15, 0.2) is 24.6 Å². The molecule has 3 N–H and O–H groups in total. The van der Waals surface area contributed by atoms with Gasteiger partial charge in [0.1, 0.15) is 18.8 Å². The summed E-state index contributed by atoms with van der Waals surface area (Å²) in [6.07, 6.45) is 49.9. The Morgan fingerprint density at radius 2 is 0.863 bits per heavy atom. The second-order valence-corrected chi connectivity index (χ2v) is 19.2. The monoisotopic (exact) mass is 1020 g/mol. The third-order valence-corrected chi connectivity index (χ3v) is 12.5. The largest absolute Gasteiger partial charge is 0.479 e. The van der Waals surface area contributed by atoms with Gasteiger partial charge in [-0.05, 0) is 89.9 Å². The van der Waals surface area contributed by atoms with Crippen molar-refractivity contribution >= 4 is 23.9 Å². The number of carbonyl (C=O) groups is 4. The summed E-state index contributed by atoms with van der Waals surface area (Å²) in [5.74, 6) is -3.19. The smallest absolute Gasteiger partial charge is 0.335 e. The molecule has 1 heterocycles. The predicted molar refractivity (Wildman–Crippen MR) is 294 cm³/mol. The number of allylic oxidation sites excluding steroid dienone is 14. The minimum Gasteiger partial charge on any atom is -0.479 e. The number of unbranched alkanes of at least 4 members (excludes halogenated alkanes) is 19. The van der Waals surface area contributed by atoms with E-state index >= 15 is 0 Å². The van der Waals surface area contributed by atoms with E-state index in [1.165, 1.54) is 51.4 Å². The summed E-state index contributed by atoms with van der Waals surface area (Å²) < 4.78 is 28.3. The first kappa shape index (κ1) is 66.9. The molecule has 12 nitrogen and oxygen atoms in total. The number of aliphatic hydroxyl groups excluding tert-OH is 2. The standard InChI is InChI=1S/C61H100O12/c1-4-7-10-13-16-19-22-25-26-27-28-31-32-35-38-41-44-47-53(62)69-50-52(71-54(63)48-45-42-39-36-33-29-23-20-17-14-11-8-5-2)51-70-61-59(57(66)56(65)58(73-61)60(67)68)72-55(64)49-46-43-40-37-34-30-24-21-18-15-12-9-6-3/h7-8,10-11,16-17,19-20,25-26,28-29,31,33,52,56-59,61,65-66H,4-6,9,12-15,18,21-24,27,30,32,34-51H2,1-3H3,(H,67,68)/b10-7-,11-8-,19-16-,20-17-,26-25-,31-28-,33-29-. The summed E-state index contributed by atoms with van der Waals surface area (Å²) in [6, 6.07) is 0. The quantitative estimate of drug-likeness (QED) is 0.0228. The number of carboxylic acid groups (broad SMARTS) is 1. The summed E-state index contributed by atoms with van der Waals surface area (Å²) in [6.45, 7) is 5.70. The Bertz CT molecular complexity index is 1590. The first-order chi connectivity index (χ1) is 35.6. The van der Waals surface area contributed by atoms with Crippen molar-refractivity contribution in [2.45, 2.75) is 263 Å². The second kappa shape index (κ2) is 48.8. The van der Waals surface area contributed by atoms with E-state index in [1.807, 2.05) is 0 Å². The average molecular weight is 1030 g/mol. The molecule has 0 aliphatic carbocycles. The molecule has 6 unspecified atom stereocenters. The van der Waals surface area contributed by atoms with E-state index in [0.717, 1.165) is 116 Å². The summed E-state index contributed by atoms with van der Waals surface area (Å²) >= 11 is 0. The molecule has 1 saturated heterocycles. The molecular weight excluding hydrogens is 925 g/mol. The second-order valence-electron chi connectivity index (χ2n) is 19.2. The van der Waals surface area contributed by atoms with Crippen LogP contribution < -0.4 is 0 Å². The normalized spacial score (nSPS) is 18.9. The molecule has 0 aromatic heterocycles. The van der Waals surface area contributed by atoms with Crippen LogP contribution in [0.2, 0.25) is 0 Å². The Hall–Kier alpha value is -4.10. The van der Waals surface area contributed by atoms with Crippen molar-refractivity contribution in [2.75, 3.05) is 13.2 Å². The Kier molecular flexibility index (Phi) is 44.7. The molecule has 416 valence electrons. The van der Waals surface area contributed by atoms with Crippen LogP contribution in [-0.2, 0) is 42.9 Å².